The molecule has 0 radical (unpaired) electrons. The van der Waals surface area contributed by atoms with Gasteiger partial charge in [-0.15, -0.1) is 22.7 Å². The van der Waals surface area contributed by atoms with Crippen molar-refractivity contribution in [3.63, 3.8) is 0 Å². The van der Waals surface area contributed by atoms with E-state index in [1.165, 1.54) is 19.5 Å². The van der Waals surface area contributed by atoms with E-state index in [1.54, 1.807) is 11.3 Å². The summed E-state index contributed by atoms with van der Waals surface area (Å²) >= 11 is 11.0. The lowest BCUT2D eigenvalue weighted by molar-refractivity contribution is 1.26. The van der Waals surface area contributed by atoms with E-state index in [2.05, 4.69) is 137 Å². The van der Waals surface area contributed by atoms with Crippen molar-refractivity contribution in [2.24, 2.45) is 0 Å². The van der Waals surface area contributed by atoms with Gasteiger partial charge < -0.3 is 9.80 Å². The second kappa shape index (κ2) is 10.2. The van der Waals surface area contributed by atoms with Crippen molar-refractivity contribution in [1.82, 2.24) is 0 Å². The molecule has 2 aromatic heterocycles. The number of rotatable bonds is 6. The van der Waals surface area contributed by atoms with Gasteiger partial charge in [-0.1, -0.05) is 90.5 Å². The Morgan fingerprint density at radius 2 is 0.974 bits per heavy atom. The predicted molar refractivity (Wildman–Crippen MR) is 172 cm³/mol. The first-order valence-corrected chi connectivity index (χ1v) is 14.8. The minimum absolute atomic E-state index is 0.689. The number of thiophene rings is 2. The number of para-hydroxylation sites is 3. The van der Waals surface area contributed by atoms with Crippen LogP contribution in [-0.2, 0) is 0 Å². The molecule has 0 aliphatic heterocycles. The SMILES string of the molecule is Clc1c(N(c2ccccc2)c2ccccc2)cccc1N(c1ccccc1)c1csc2c1sc1ccccc12. The van der Waals surface area contributed by atoms with Gasteiger partial charge >= 0.3 is 0 Å². The summed E-state index contributed by atoms with van der Waals surface area (Å²) in [6.07, 6.45) is 0. The van der Waals surface area contributed by atoms with Crippen LogP contribution in [0.2, 0.25) is 5.02 Å². The Kier molecular flexibility index (Phi) is 6.29. The van der Waals surface area contributed by atoms with E-state index in [0.29, 0.717) is 5.02 Å². The number of benzene rings is 5. The molecule has 7 aromatic rings. The summed E-state index contributed by atoms with van der Waals surface area (Å²) < 4.78 is 3.89. The van der Waals surface area contributed by atoms with Gasteiger partial charge in [0.1, 0.15) is 0 Å². The molecule has 0 N–H and O–H groups in total. The molecular formula is C34H23ClN2S2. The topological polar surface area (TPSA) is 6.48 Å². The molecule has 0 aliphatic carbocycles. The Morgan fingerprint density at radius 1 is 0.462 bits per heavy atom. The van der Waals surface area contributed by atoms with Gasteiger partial charge in [0, 0.05) is 32.5 Å². The van der Waals surface area contributed by atoms with Crippen molar-refractivity contribution in [3.8, 4) is 0 Å². The first kappa shape index (κ1) is 24.0. The van der Waals surface area contributed by atoms with Gasteiger partial charge in [-0.2, -0.15) is 0 Å². The molecule has 0 amide bonds. The van der Waals surface area contributed by atoms with Crippen LogP contribution in [0.1, 0.15) is 0 Å². The van der Waals surface area contributed by atoms with Gasteiger partial charge in [-0.3, -0.25) is 0 Å². The van der Waals surface area contributed by atoms with E-state index in [0.717, 1.165) is 34.1 Å². The second-order valence-corrected chi connectivity index (χ2v) is 11.5. The Hall–Kier alpha value is -4.09. The molecule has 0 atom stereocenters. The molecule has 0 bridgehead atoms. The van der Waals surface area contributed by atoms with E-state index in [1.807, 2.05) is 23.5 Å². The highest BCUT2D eigenvalue weighted by Gasteiger charge is 2.24. The predicted octanol–water partition coefficient (Wildman–Crippen LogP) is 11.7. The highest BCUT2D eigenvalue weighted by molar-refractivity contribution is 7.33. The second-order valence-electron chi connectivity index (χ2n) is 9.17. The molecule has 2 heterocycles. The van der Waals surface area contributed by atoms with Crippen LogP contribution in [0.4, 0.5) is 34.1 Å². The van der Waals surface area contributed by atoms with Crippen LogP contribution in [0.3, 0.4) is 0 Å². The number of hydrogen-bond acceptors (Lipinski definition) is 4. The summed E-state index contributed by atoms with van der Waals surface area (Å²) in [5.74, 6) is 0. The van der Waals surface area contributed by atoms with Gasteiger partial charge in [0.05, 0.1) is 31.5 Å². The molecule has 0 unspecified atom stereocenters. The van der Waals surface area contributed by atoms with Crippen molar-refractivity contribution >= 4 is 87.9 Å². The number of halogens is 1. The van der Waals surface area contributed by atoms with E-state index in [9.17, 15) is 0 Å². The molecule has 2 nitrogen and oxygen atoms in total. The van der Waals surface area contributed by atoms with Crippen LogP contribution in [-0.4, -0.2) is 0 Å². The van der Waals surface area contributed by atoms with Gasteiger partial charge in [0.25, 0.3) is 0 Å². The van der Waals surface area contributed by atoms with Crippen LogP contribution < -0.4 is 9.80 Å². The van der Waals surface area contributed by atoms with Crippen molar-refractivity contribution in [2.45, 2.75) is 0 Å². The quantitative estimate of drug-likeness (QED) is 0.200. The lowest BCUT2D eigenvalue weighted by atomic mass is 10.1. The molecule has 0 spiro atoms. The zero-order valence-corrected chi connectivity index (χ0v) is 23.3. The normalized spacial score (nSPS) is 11.2. The minimum Gasteiger partial charge on any atom is -0.309 e. The standard InChI is InChI=1S/C34H23ClN2S2/c35-32-28(36(24-13-4-1-5-14-24)25-15-6-2-7-16-25)20-12-21-29(32)37(26-17-8-3-9-18-26)30-23-38-33-27-19-10-11-22-31(27)39-34(30)33/h1-23H. The summed E-state index contributed by atoms with van der Waals surface area (Å²) in [4.78, 5) is 4.52. The highest BCUT2D eigenvalue weighted by Crippen LogP contribution is 2.51. The molecular weight excluding hydrogens is 536 g/mol. The highest BCUT2D eigenvalue weighted by atomic mass is 35.5. The maximum absolute atomic E-state index is 7.42. The average Bonchev–Trinajstić information content (AvgIpc) is 3.57. The average molecular weight is 559 g/mol. The third kappa shape index (κ3) is 4.27. The molecule has 7 rings (SSSR count). The fourth-order valence-electron chi connectivity index (χ4n) is 5.05. The Morgan fingerprint density at radius 3 is 1.59 bits per heavy atom. The molecule has 5 aromatic carbocycles. The number of fused-ring (bicyclic) bond motifs is 3. The van der Waals surface area contributed by atoms with Crippen LogP contribution in [0.5, 0.6) is 0 Å². The van der Waals surface area contributed by atoms with Crippen LogP contribution in [0.15, 0.2) is 139 Å². The third-order valence-corrected chi connectivity index (χ3v) is 9.51. The maximum atomic E-state index is 7.42. The largest absolute Gasteiger partial charge is 0.309 e. The summed E-state index contributed by atoms with van der Waals surface area (Å²) in [5.41, 5.74) is 6.18. The fraction of sp³-hybridized carbons (Fsp3) is 0. The monoisotopic (exact) mass is 558 g/mol. The fourth-order valence-corrected chi connectivity index (χ4v) is 7.83. The lowest BCUT2D eigenvalue weighted by Crippen LogP contribution is -2.14. The molecule has 0 aliphatic rings. The summed E-state index contributed by atoms with van der Waals surface area (Å²) in [5, 5.41) is 4.26. The van der Waals surface area contributed by atoms with E-state index >= 15 is 0 Å². The minimum atomic E-state index is 0.689. The van der Waals surface area contributed by atoms with Crippen LogP contribution >= 0.6 is 34.3 Å². The Bertz CT molecular complexity index is 1840. The zero-order valence-electron chi connectivity index (χ0n) is 20.9. The van der Waals surface area contributed by atoms with E-state index in [4.69, 9.17) is 11.6 Å². The lowest BCUT2D eigenvalue weighted by Gasteiger charge is -2.30. The van der Waals surface area contributed by atoms with Gasteiger partial charge in [0.15, 0.2) is 0 Å². The van der Waals surface area contributed by atoms with E-state index in [-0.39, 0.29) is 0 Å². The van der Waals surface area contributed by atoms with Crippen molar-refractivity contribution in [1.29, 1.82) is 0 Å². The van der Waals surface area contributed by atoms with Crippen molar-refractivity contribution < 1.29 is 0 Å². The van der Waals surface area contributed by atoms with Crippen molar-refractivity contribution in [2.75, 3.05) is 9.80 Å². The zero-order chi connectivity index (χ0) is 26.2. The van der Waals surface area contributed by atoms with Crippen LogP contribution in [0, 0.1) is 0 Å². The molecule has 5 heteroatoms. The maximum Gasteiger partial charge on any atom is 0.0887 e. The Labute approximate surface area is 240 Å². The number of anilines is 6. The number of nitrogens with zero attached hydrogens (tertiary/aromatic N) is 2. The summed E-state index contributed by atoms with van der Waals surface area (Å²) in [6, 6.07) is 46.2. The summed E-state index contributed by atoms with van der Waals surface area (Å²) in [7, 11) is 0. The van der Waals surface area contributed by atoms with Gasteiger partial charge in [-0.05, 0) is 54.6 Å². The number of hydrogen-bond donors (Lipinski definition) is 0. The first-order chi connectivity index (χ1) is 19.3. The smallest absolute Gasteiger partial charge is 0.0887 e. The molecule has 188 valence electrons. The van der Waals surface area contributed by atoms with Gasteiger partial charge in [-0.25, -0.2) is 0 Å². The third-order valence-electron chi connectivity index (χ3n) is 6.79. The molecule has 0 saturated carbocycles. The molecule has 0 saturated heterocycles. The van der Waals surface area contributed by atoms with Gasteiger partial charge in [0.2, 0.25) is 0 Å². The first-order valence-electron chi connectivity index (χ1n) is 12.7. The van der Waals surface area contributed by atoms with Crippen LogP contribution in [0.25, 0.3) is 19.5 Å². The van der Waals surface area contributed by atoms with E-state index < -0.39 is 0 Å². The van der Waals surface area contributed by atoms with Crippen molar-refractivity contribution in [3.05, 3.63) is 144 Å². The molecule has 0 fully saturated rings. The Balaban J connectivity index is 1.46. The summed E-state index contributed by atoms with van der Waals surface area (Å²) in [6.45, 7) is 0. The molecule has 39 heavy (non-hydrogen) atoms.